The molecular weight excluding hydrogens is 299 g/mol. The molecule has 3 rings (SSSR count). The van der Waals surface area contributed by atoms with E-state index in [4.69, 9.17) is 4.74 Å². The highest BCUT2D eigenvalue weighted by molar-refractivity contribution is 5.31. The van der Waals surface area contributed by atoms with Gasteiger partial charge in [-0.1, -0.05) is 18.2 Å². The van der Waals surface area contributed by atoms with Crippen molar-refractivity contribution in [3.63, 3.8) is 0 Å². The van der Waals surface area contributed by atoms with Gasteiger partial charge in [0.05, 0.1) is 7.11 Å². The number of benzene rings is 1. The predicted octanol–water partition coefficient (Wildman–Crippen LogP) is 6.49. The van der Waals surface area contributed by atoms with Crippen molar-refractivity contribution >= 4 is 0 Å². The lowest BCUT2D eigenvalue weighted by atomic mass is 9.68. The second-order valence-corrected chi connectivity index (χ2v) is 7.70. The quantitative estimate of drug-likeness (QED) is 0.573. The van der Waals surface area contributed by atoms with Crippen molar-refractivity contribution in [1.82, 2.24) is 0 Å². The highest BCUT2D eigenvalue weighted by Gasteiger charge is 2.31. The maximum absolute atomic E-state index is 14.3. The Labute approximate surface area is 146 Å². The molecule has 0 bridgehead atoms. The van der Waals surface area contributed by atoms with Crippen LogP contribution >= 0.6 is 0 Å². The van der Waals surface area contributed by atoms with Crippen LogP contribution in [-0.2, 0) is 0 Å². The van der Waals surface area contributed by atoms with Crippen molar-refractivity contribution in [2.45, 2.75) is 64.2 Å². The molecule has 1 nitrogen and oxygen atoms in total. The summed E-state index contributed by atoms with van der Waals surface area (Å²) < 4.78 is 19.4. The van der Waals surface area contributed by atoms with E-state index in [1.54, 1.807) is 7.11 Å². The first-order chi connectivity index (χ1) is 11.7. The van der Waals surface area contributed by atoms with Crippen molar-refractivity contribution in [1.29, 1.82) is 0 Å². The summed E-state index contributed by atoms with van der Waals surface area (Å²) in [6.07, 6.45) is 14.9. The first-order valence-corrected chi connectivity index (χ1v) is 9.67. The van der Waals surface area contributed by atoms with E-state index in [1.165, 1.54) is 44.6 Å². The lowest BCUT2D eigenvalue weighted by molar-refractivity contribution is 0.171. The van der Waals surface area contributed by atoms with Crippen molar-refractivity contribution < 1.29 is 9.13 Å². The van der Waals surface area contributed by atoms with E-state index < -0.39 is 0 Å². The van der Waals surface area contributed by atoms with Gasteiger partial charge in [-0.3, -0.25) is 0 Å². The monoisotopic (exact) mass is 330 g/mol. The summed E-state index contributed by atoms with van der Waals surface area (Å²) >= 11 is 0. The van der Waals surface area contributed by atoms with Crippen LogP contribution in [0.4, 0.5) is 4.39 Å². The van der Waals surface area contributed by atoms with E-state index in [0.717, 1.165) is 36.2 Å². The Morgan fingerprint density at radius 1 is 0.958 bits per heavy atom. The van der Waals surface area contributed by atoms with Crippen molar-refractivity contribution in [2.24, 2.45) is 17.8 Å². The minimum absolute atomic E-state index is 0.0929. The van der Waals surface area contributed by atoms with Crippen LogP contribution in [0.3, 0.4) is 0 Å². The van der Waals surface area contributed by atoms with Crippen LogP contribution in [0, 0.1) is 23.6 Å². The summed E-state index contributed by atoms with van der Waals surface area (Å²) in [7, 11) is 1.59. The molecule has 0 atom stereocenters. The van der Waals surface area contributed by atoms with E-state index in [-0.39, 0.29) is 5.82 Å². The molecular formula is C22H31FO. The predicted molar refractivity (Wildman–Crippen MR) is 97.9 cm³/mol. The van der Waals surface area contributed by atoms with Gasteiger partial charge in [0.1, 0.15) is 11.6 Å². The topological polar surface area (TPSA) is 9.23 Å². The first-order valence-electron chi connectivity index (χ1n) is 9.67. The Balaban J connectivity index is 1.53. The molecule has 0 unspecified atom stereocenters. The molecule has 0 spiro atoms. The summed E-state index contributed by atoms with van der Waals surface area (Å²) in [6.45, 7) is 2.13. The zero-order valence-corrected chi connectivity index (χ0v) is 15.1. The zero-order valence-electron chi connectivity index (χ0n) is 15.1. The Kier molecular flexibility index (Phi) is 5.97. The van der Waals surface area contributed by atoms with Gasteiger partial charge in [-0.15, -0.1) is 0 Å². The number of methoxy groups -OCH3 is 1. The molecule has 1 aromatic carbocycles. The molecule has 132 valence electrons. The molecule has 2 aliphatic rings. The van der Waals surface area contributed by atoms with Crippen molar-refractivity contribution in [2.75, 3.05) is 7.11 Å². The van der Waals surface area contributed by atoms with Crippen LogP contribution in [0.2, 0.25) is 0 Å². The number of hydrogen-bond acceptors (Lipinski definition) is 1. The Hall–Kier alpha value is -1.31. The largest absolute Gasteiger partial charge is 0.497 e. The van der Waals surface area contributed by atoms with Crippen LogP contribution < -0.4 is 4.74 Å². The third-order valence-electron chi connectivity index (χ3n) is 6.37. The maximum atomic E-state index is 14.3. The molecule has 2 fully saturated rings. The molecule has 2 saturated carbocycles. The van der Waals surface area contributed by atoms with E-state index in [2.05, 4.69) is 19.1 Å². The van der Waals surface area contributed by atoms with Gasteiger partial charge in [0.25, 0.3) is 0 Å². The van der Waals surface area contributed by atoms with E-state index in [9.17, 15) is 4.39 Å². The zero-order chi connectivity index (χ0) is 16.9. The SMILES string of the molecule is C/C=C\C1CCC(C2CCC(c3ccc(OC)cc3F)CC2)CC1. The van der Waals surface area contributed by atoms with E-state index in [0.29, 0.717) is 11.7 Å². The lowest BCUT2D eigenvalue weighted by Gasteiger charge is -2.37. The van der Waals surface area contributed by atoms with Crippen molar-refractivity contribution in [3.8, 4) is 5.75 Å². The fourth-order valence-corrected chi connectivity index (χ4v) is 4.95. The van der Waals surface area contributed by atoms with Crippen LogP contribution in [0.1, 0.15) is 69.8 Å². The molecule has 2 heteroatoms. The van der Waals surface area contributed by atoms with E-state index >= 15 is 0 Å². The first kappa shape index (κ1) is 17.5. The van der Waals surface area contributed by atoms with E-state index in [1.807, 2.05) is 12.1 Å². The molecule has 0 saturated heterocycles. The normalized spacial score (nSPS) is 31.3. The fraction of sp³-hybridized carbons (Fsp3) is 0.636. The third-order valence-corrected chi connectivity index (χ3v) is 6.37. The van der Waals surface area contributed by atoms with Gasteiger partial charge < -0.3 is 4.74 Å². The average Bonchev–Trinajstić information content (AvgIpc) is 2.63. The van der Waals surface area contributed by atoms with Crippen LogP contribution in [0.15, 0.2) is 30.4 Å². The minimum Gasteiger partial charge on any atom is -0.497 e. The van der Waals surface area contributed by atoms with Gasteiger partial charge in [0, 0.05) is 6.07 Å². The number of ether oxygens (including phenoxy) is 1. The Morgan fingerprint density at radius 2 is 1.58 bits per heavy atom. The second kappa shape index (κ2) is 8.18. The van der Waals surface area contributed by atoms with Gasteiger partial charge >= 0.3 is 0 Å². The van der Waals surface area contributed by atoms with Gasteiger partial charge in [-0.25, -0.2) is 4.39 Å². The summed E-state index contributed by atoms with van der Waals surface area (Å²) in [4.78, 5) is 0. The summed E-state index contributed by atoms with van der Waals surface area (Å²) in [5.41, 5.74) is 0.894. The molecule has 0 aliphatic heterocycles. The molecule has 0 heterocycles. The third kappa shape index (κ3) is 4.02. The number of allylic oxidation sites excluding steroid dienone is 2. The van der Waals surface area contributed by atoms with Gasteiger partial charge in [0.15, 0.2) is 0 Å². The molecule has 0 amide bonds. The lowest BCUT2D eigenvalue weighted by Crippen LogP contribution is -2.25. The highest BCUT2D eigenvalue weighted by Crippen LogP contribution is 2.44. The van der Waals surface area contributed by atoms with Gasteiger partial charge in [-0.2, -0.15) is 0 Å². The molecule has 0 N–H and O–H groups in total. The van der Waals surface area contributed by atoms with Gasteiger partial charge in [-0.05, 0) is 93.6 Å². The van der Waals surface area contributed by atoms with Crippen molar-refractivity contribution in [3.05, 3.63) is 41.7 Å². The number of hydrogen-bond donors (Lipinski definition) is 0. The minimum atomic E-state index is -0.0929. The highest BCUT2D eigenvalue weighted by atomic mass is 19.1. The van der Waals surface area contributed by atoms with Crippen LogP contribution in [0.25, 0.3) is 0 Å². The molecule has 1 aromatic rings. The average molecular weight is 330 g/mol. The molecule has 0 radical (unpaired) electrons. The maximum Gasteiger partial charge on any atom is 0.130 e. The summed E-state index contributed by atoms with van der Waals surface area (Å²) in [5, 5.41) is 0. The number of rotatable bonds is 4. The number of halogens is 1. The summed E-state index contributed by atoms with van der Waals surface area (Å²) in [5.74, 6) is 3.51. The van der Waals surface area contributed by atoms with Crippen LogP contribution in [-0.4, -0.2) is 7.11 Å². The van der Waals surface area contributed by atoms with Crippen LogP contribution in [0.5, 0.6) is 5.75 Å². The standard InChI is InChI=1S/C22H31FO/c1-3-4-16-5-7-17(8-6-16)18-9-11-19(12-10-18)21-14-13-20(24-2)15-22(21)23/h3-4,13-19H,5-12H2,1-2H3/b4-3-. The molecule has 0 aromatic heterocycles. The second-order valence-electron chi connectivity index (χ2n) is 7.70. The summed E-state index contributed by atoms with van der Waals surface area (Å²) in [6, 6.07) is 5.36. The smallest absolute Gasteiger partial charge is 0.130 e. The fourth-order valence-electron chi connectivity index (χ4n) is 4.95. The Bertz CT molecular complexity index is 549. The molecule has 24 heavy (non-hydrogen) atoms. The molecule has 2 aliphatic carbocycles. The van der Waals surface area contributed by atoms with Gasteiger partial charge in [0.2, 0.25) is 0 Å². The Morgan fingerprint density at radius 3 is 2.12 bits per heavy atom.